The summed E-state index contributed by atoms with van der Waals surface area (Å²) in [6, 6.07) is 7.01. The van der Waals surface area contributed by atoms with Crippen LogP contribution in [0.15, 0.2) is 42.6 Å². The number of anilines is 1. The average molecular weight is 499 g/mol. The van der Waals surface area contributed by atoms with Crippen molar-refractivity contribution in [2.24, 2.45) is 7.05 Å². The third-order valence-corrected chi connectivity index (χ3v) is 5.81. The molecule has 0 saturated heterocycles. The Labute approximate surface area is 210 Å². The molecule has 194 valence electrons. The molecule has 1 aliphatic heterocycles. The number of rotatable bonds is 15. The minimum atomic E-state index is -0.656. The average Bonchev–Trinajstić information content (AvgIpc) is 3.38. The maximum Gasteiger partial charge on any atom is 0.253 e. The van der Waals surface area contributed by atoms with E-state index in [-0.39, 0.29) is 30.0 Å². The van der Waals surface area contributed by atoms with E-state index in [1.165, 1.54) is 17.1 Å². The molecule has 1 aromatic carbocycles. The van der Waals surface area contributed by atoms with Crippen LogP contribution in [0.2, 0.25) is 0 Å². The van der Waals surface area contributed by atoms with E-state index in [9.17, 15) is 19.2 Å². The lowest BCUT2D eigenvalue weighted by Crippen LogP contribution is -2.41. The monoisotopic (exact) mass is 498 g/mol. The van der Waals surface area contributed by atoms with E-state index in [0.29, 0.717) is 51.5 Å². The molecule has 3 rings (SSSR count). The number of aromatic nitrogens is 1. The molecular weight excluding hydrogens is 464 g/mol. The summed E-state index contributed by atoms with van der Waals surface area (Å²) < 4.78 is 13.0. The number of carbonyl (C=O) groups is 4. The van der Waals surface area contributed by atoms with Gasteiger partial charge in [0.15, 0.2) is 0 Å². The van der Waals surface area contributed by atoms with Crippen LogP contribution in [0.25, 0.3) is 10.9 Å². The summed E-state index contributed by atoms with van der Waals surface area (Å²) in [5, 5.41) is 6.58. The topological polar surface area (TPSA) is 119 Å². The highest BCUT2D eigenvalue weighted by atomic mass is 16.5. The van der Waals surface area contributed by atoms with Gasteiger partial charge in [-0.05, 0) is 50.5 Å². The van der Waals surface area contributed by atoms with Gasteiger partial charge in [0.2, 0.25) is 11.8 Å². The first-order valence-electron chi connectivity index (χ1n) is 12.2. The van der Waals surface area contributed by atoms with Gasteiger partial charge >= 0.3 is 0 Å². The molecular formula is C26H34N4O6. The first-order chi connectivity index (χ1) is 17.3. The minimum Gasteiger partial charge on any atom is -0.379 e. The van der Waals surface area contributed by atoms with Gasteiger partial charge < -0.3 is 24.7 Å². The van der Waals surface area contributed by atoms with Gasteiger partial charge in [-0.25, -0.2) is 0 Å². The van der Waals surface area contributed by atoms with E-state index >= 15 is 0 Å². The highest BCUT2D eigenvalue weighted by Gasteiger charge is 2.22. The maximum atomic E-state index is 12.4. The molecule has 36 heavy (non-hydrogen) atoms. The van der Waals surface area contributed by atoms with Crippen molar-refractivity contribution in [3.05, 3.63) is 42.6 Å². The summed E-state index contributed by atoms with van der Waals surface area (Å²) in [7, 11) is 1.96. The summed E-state index contributed by atoms with van der Waals surface area (Å²) in [4.78, 5) is 48.6. The number of carbonyl (C=O) groups excluding carboxylic acids is 4. The molecule has 1 aromatic heterocycles. The molecule has 0 radical (unpaired) electrons. The molecule has 2 N–H and O–H groups in total. The summed E-state index contributed by atoms with van der Waals surface area (Å²) in [6.45, 7) is 3.84. The molecule has 2 heterocycles. The quantitative estimate of drug-likeness (QED) is 0.287. The number of ether oxygens (including phenoxy) is 2. The Hall–Kier alpha value is -3.50. The van der Waals surface area contributed by atoms with Crippen LogP contribution in [-0.4, -0.2) is 72.1 Å². The van der Waals surface area contributed by atoms with Gasteiger partial charge in [0, 0.05) is 68.2 Å². The van der Waals surface area contributed by atoms with Gasteiger partial charge in [0.1, 0.15) is 6.04 Å². The van der Waals surface area contributed by atoms with Gasteiger partial charge in [-0.3, -0.25) is 24.1 Å². The zero-order chi connectivity index (χ0) is 25.9. The highest BCUT2D eigenvalue weighted by molar-refractivity contribution is 6.12. The molecule has 10 nitrogen and oxygen atoms in total. The zero-order valence-corrected chi connectivity index (χ0v) is 20.8. The van der Waals surface area contributed by atoms with Gasteiger partial charge in [0.05, 0.1) is 13.2 Å². The van der Waals surface area contributed by atoms with Crippen LogP contribution in [0.3, 0.4) is 0 Å². The van der Waals surface area contributed by atoms with Gasteiger partial charge in [-0.15, -0.1) is 0 Å². The molecule has 0 saturated carbocycles. The highest BCUT2D eigenvalue weighted by Crippen LogP contribution is 2.19. The normalized spacial score (nSPS) is 14.0. The Morgan fingerprint density at radius 1 is 0.944 bits per heavy atom. The zero-order valence-electron chi connectivity index (χ0n) is 20.8. The van der Waals surface area contributed by atoms with Crippen LogP contribution in [0.4, 0.5) is 5.69 Å². The number of amides is 4. The molecule has 2 aromatic rings. The lowest BCUT2D eigenvalue weighted by molar-refractivity contribution is -0.137. The van der Waals surface area contributed by atoms with E-state index in [0.717, 1.165) is 17.3 Å². The van der Waals surface area contributed by atoms with Crippen molar-refractivity contribution < 1.29 is 28.7 Å². The van der Waals surface area contributed by atoms with Crippen LogP contribution >= 0.6 is 0 Å². The van der Waals surface area contributed by atoms with Crippen LogP contribution in [-0.2, 0) is 35.7 Å². The lowest BCUT2D eigenvalue weighted by Gasteiger charge is -2.14. The third-order valence-electron chi connectivity index (χ3n) is 5.81. The molecule has 1 unspecified atom stereocenters. The van der Waals surface area contributed by atoms with E-state index in [1.807, 2.05) is 42.1 Å². The number of nitrogens with zero attached hydrogens (tertiary/aromatic N) is 2. The van der Waals surface area contributed by atoms with Crippen molar-refractivity contribution >= 4 is 40.2 Å². The Bertz CT molecular complexity index is 1090. The lowest BCUT2D eigenvalue weighted by atomic mass is 10.2. The molecule has 1 aliphatic rings. The van der Waals surface area contributed by atoms with E-state index in [1.54, 1.807) is 6.92 Å². The number of aryl methyl sites for hydroxylation is 1. The number of hydrogen-bond acceptors (Lipinski definition) is 6. The second-order valence-electron chi connectivity index (χ2n) is 8.68. The van der Waals surface area contributed by atoms with Crippen molar-refractivity contribution in [1.29, 1.82) is 0 Å². The number of imide groups is 1. The second-order valence-corrected chi connectivity index (χ2v) is 8.68. The van der Waals surface area contributed by atoms with Crippen molar-refractivity contribution in [2.75, 3.05) is 38.3 Å². The molecule has 1 atom stereocenters. The molecule has 0 bridgehead atoms. The molecule has 4 amide bonds. The Kier molecular flexibility index (Phi) is 10.2. The summed E-state index contributed by atoms with van der Waals surface area (Å²) in [5.41, 5.74) is 1.76. The number of nitrogens with one attached hydrogen (secondary N) is 2. The molecule has 0 fully saturated rings. The van der Waals surface area contributed by atoms with Gasteiger partial charge in [-0.2, -0.15) is 0 Å². The van der Waals surface area contributed by atoms with Crippen molar-refractivity contribution in [2.45, 2.75) is 38.6 Å². The fourth-order valence-corrected chi connectivity index (χ4v) is 3.77. The smallest absolute Gasteiger partial charge is 0.253 e. The summed E-state index contributed by atoms with van der Waals surface area (Å²) in [5.74, 6) is -1.01. The SMILES string of the molecule is CC(NC(=O)CCCOCCOCCCCN1C(=O)C=CC1=O)C(=O)Nc1ccc2c(ccn2C)c1. The molecule has 0 aliphatic carbocycles. The molecule has 10 heteroatoms. The van der Waals surface area contributed by atoms with Crippen LogP contribution in [0.1, 0.15) is 32.6 Å². The predicted octanol–water partition coefficient (Wildman–Crippen LogP) is 2.14. The fourth-order valence-electron chi connectivity index (χ4n) is 3.77. The largest absolute Gasteiger partial charge is 0.379 e. The summed E-state index contributed by atoms with van der Waals surface area (Å²) in [6.07, 6.45) is 6.75. The third kappa shape index (κ3) is 8.03. The first kappa shape index (κ1) is 27.1. The standard InChI is InChI=1S/C26H34N4O6/c1-19(26(34)28-21-7-8-22-20(18-21)11-13-29(22)2)27-23(31)6-5-15-36-17-16-35-14-4-3-12-30-24(32)9-10-25(30)33/h7-11,13,18-19H,3-6,12,14-17H2,1-2H3,(H,27,31)(H,28,34). The van der Waals surface area contributed by atoms with E-state index < -0.39 is 6.04 Å². The Morgan fingerprint density at radius 3 is 2.36 bits per heavy atom. The maximum absolute atomic E-state index is 12.4. The molecule has 0 spiro atoms. The second kappa shape index (κ2) is 13.6. The van der Waals surface area contributed by atoms with E-state index in [2.05, 4.69) is 10.6 Å². The van der Waals surface area contributed by atoms with Crippen LogP contribution < -0.4 is 10.6 Å². The first-order valence-corrected chi connectivity index (χ1v) is 12.2. The van der Waals surface area contributed by atoms with Gasteiger partial charge in [0.25, 0.3) is 11.8 Å². The number of hydrogen-bond donors (Lipinski definition) is 2. The number of fused-ring (bicyclic) bond motifs is 1. The van der Waals surface area contributed by atoms with Gasteiger partial charge in [-0.1, -0.05) is 0 Å². The van der Waals surface area contributed by atoms with Crippen LogP contribution in [0, 0.1) is 0 Å². The van der Waals surface area contributed by atoms with E-state index in [4.69, 9.17) is 9.47 Å². The number of benzene rings is 1. The Morgan fingerprint density at radius 2 is 1.64 bits per heavy atom. The van der Waals surface area contributed by atoms with Crippen LogP contribution in [0.5, 0.6) is 0 Å². The Balaban J connectivity index is 1.18. The number of unbranched alkanes of at least 4 members (excludes halogenated alkanes) is 1. The van der Waals surface area contributed by atoms with Crippen molar-refractivity contribution in [3.63, 3.8) is 0 Å². The van der Waals surface area contributed by atoms with Crippen molar-refractivity contribution in [1.82, 2.24) is 14.8 Å². The minimum absolute atomic E-state index is 0.207. The fraction of sp³-hybridized carbons (Fsp3) is 0.462. The summed E-state index contributed by atoms with van der Waals surface area (Å²) >= 11 is 0. The van der Waals surface area contributed by atoms with Crippen molar-refractivity contribution in [3.8, 4) is 0 Å². The predicted molar refractivity (Wildman–Crippen MR) is 135 cm³/mol.